The first-order valence-corrected chi connectivity index (χ1v) is 5.15. The molecule has 0 aliphatic carbocycles. The zero-order valence-electron chi connectivity index (χ0n) is 8.66. The molecule has 0 unspecified atom stereocenters. The van der Waals surface area contributed by atoms with E-state index in [1.165, 1.54) is 0 Å². The molecule has 1 aliphatic heterocycles. The molecule has 5 nitrogen and oxygen atoms in total. The van der Waals surface area contributed by atoms with Gasteiger partial charge in [0.05, 0.1) is 6.07 Å². The highest BCUT2D eigenvalue weighted by atomic mass is 16.2. The Hall–Kier alpha value is -1.57. The highest BCUT2D eigenvalue weighted by Crippen LogP contribution is 2.08. The molecule has 1 heterocycles. The summed E-state index contributed by atoms with van der Waals surface area (Å²) >= 11 is 0. The van der Waals surface area contributed by atoms with Gasteiger partial charge in [-0.3, -0.25) is 9.59 Å². The molecule has 0 aromatic carbocycles. The molecule has 1 rings (SSSR count). The molecule has 0 aromatic rings. The summed E-state index contributed by atoms with van der Waals surface area (Å²) in [4.78, 5) is 24.2. The average molecular weight is 209 g/mol. The van der Waals surface area contributed by atoms with Crippen molar-refractivity contribution in [1.82, 2.24) is 10.2 Å². The molecule has 1 fully saturated rings. The van der Waals surface area contributed by atoms with Crippen LogP contribution in [-0.4, -0.2) is 36.3 Å². The van der Waals surface area contributed by atoms with E-state index in [0.717, 1.165) is 25.9 Å². The Morgan fingerprint density at radius 3 is 2.60 bits per heavy atom. The van der Waals surface area contributed by atoms with E-state index in [0.29, 0.717) is 13.0 Å². The normalized spacial score (nSPS) is 14.7. The molecular weight excluding hydrogens is 194 g/mol. The van der Waals surface area contributed by atoms with Crippen LogP contribution in [0.25, 0.3) is 0 Å². The van der Waals surface area contributed by atoms with E-state index >= 15 is 0 Å². The maximum Gasteiger partial charge on any atom is 0.234 e. The SMILES string of the molecule is N#CCC(=O)NCCC(=O)N1CCCC1. The topological polar surface area (TPSA) is 73.2 Å². The standard InChI is InChI=1S/C10H15N3O2/c11-5-3-9(14)12-6-4-10(15)13-7-1-2-8-13/h1-4,6-8H2,(H,12,14). The van der Waals surface area contributed by atoms with E-state index in [2.05, 4.69) is 5.32 Å². The fraction of sp³-hybridized carbons (Fsp3) is 0.700. The van der Waals surface area contributed by atoms with Crippen molar-refractivity contribution in [3.63, 3.8) is 0 Å². The van der Waals surface area contributed by atoms with E-state index < -0.39 is 0 Å². The van der Waals surface area contributed by atoms with E-state index in [-0.39, 0.29) is 18.2 Å². The van der Waals surface area contributed by atoms with Crippen molar-refractivity contribution in [1.29, 1.82) is 5.26 Å². The molecule has 82 valence electrons. The predicted molar refractivity (Wildman–Crippen MR) is 53.7 cm³/mol. The Morgan fingerprint density at radius 1 is 1.33 bits per heavy atom. The minimum atomic E-state index is -0.313. The zero-order chi connectivity index (χ0) is 11.1. The molecule has 15 heavy (non-hydrogen) atoms. The maximum atomic E-state index is 11.5. The predicted octanol–water partition coefficient (Wildman–Crippen LogP) is 0.0288. The van der Waals surface area contributed by atoms with E-state index in [4.69, 9.17) is 5.26 Å². The summed E-state index contributed by atoms with van der Waals surface area (Å²) in [5.41, 5.74) is 0. The van der Waals surface area contributed by atoms with Crippen LogP contribution in [0.2, 0.25) is 0 Å². The summed E-state index contributed by atoms with van der Waals surface area (Å²) in [7, 11) is 0. The van der Waals surface area contributed by atoms with Crippen molar-refractivity contribution >= 4 is 11.8 Å². The van der Waals surface area contributed by atoms with Gasteiger partial charge in [0.15, 0.2) is 0 Å². The van der Waals surface area contributed by atoms with E-state index in [1.54, 1.807) is 6.07 Å². The Labute approximate surface area is 89.0 Å². The van der Waals surface area contributed by atoms with Crippen LogP contribution < -0.4 is 5.32 Å². The molecule has 1 aliphatic rings. The number of likely N-dealkylation sites (tertiary alicyclic amines) is 1. The lowest BCUT2D eigenvalue weighted by Gasteiger charge is -2.14. The number of hydrogen-bond acceptors (Lipinski definition) is 3. The lowest BCUT2D eigenvalue weighted by atomic mass is 10.3. The monoisotopic (exact) mass is 209 g/mol. The van der Waals surface area contributed by atoms with Crippen molar-refractivity contribution in [3.8, 4) is 6.07 Å². The molecule has 2 amide bonds. The summed E-state index contributed by atoms with van der Waals surface area (Å²) in [6, 6.07) is 1.75. The fourth-order valence-electron chi connectivity index (χ4n) is 1.57. The van der Waals surface area contributed by atoms with Gasteiger partial charge in [-0.25, -0.2) is 0 Å². The van der Waals surface area contributed by atoms with Gasteiger partial charge >= 0.3 is 0 Å². The number of amides is 2. The molecule has 0 radical (unpaired) electrons. The largest absolute Gasteiger partial charge is 0.355 e. The van der Waals surface area contributed by atoms with Crippen LogP contribution in [-0.2, 0) is 9.59 Å². The average Bonchev–Trinajstić information content (AvgIpc) is 2.70. The zero-order valence-corrected chi connectivity index (χ0v) is 8.66. The number of nitrogens with zero attached hydrogens (tertiary/aromatic N) is 2. The highest BCUT2D eigenvalue weighted by Gasteiger charge is 2.17. The van der Waals surface area contributed by atoms with Crippen LogP contribution in [0, 0.1) is 11.3 Å². The van der Waals surface area contributed by atoms with Gasteiger partial charge in [0, 0.05) is 26.1 Å². The second-order valence-corrected chi connectivity index (χ2v) is 3.52. The van der Waals surface area contributed by atoms with Gasteiger partial charge in [0.1, 0.15) is 6.42 Å². The van der Waals surface area contributed by atoms with E-state index in [1.807, 2.05) is 4.90 Å². The van der Waals surface area contributed by atoms with Crippen molar-refractivity contribution in [2.75, 3.05) is 19.6 Å². The minimum Gasteiger partial charge on any atom is -0.355 e. The first kappa shape index (κ1) is 11.5. The summed E-state index contributed by atoms with van der Waals surface area (Å²) < 4.78 is 0. The third kappa shape index (κ3) is 3.98. The highest BCUT2D eigenvalue weighted by molar-refractivity contribution is 5.80. The van der Waals surface area contributed by atoms with Gasteiger partial charge in [-0.1, -0.05) is 0 Å². The first-order chi connectivity index (χ1) is 7.24. The minimum absolute atomic E-state index is 0.0877. The number of carbonyl (C=O) groups excluding carboxylic acids is 2. The van der Waals surface area contributed by atoms with Crippen LogP contribution in [0.5, 0.6) is 0 Å². The Bertz CT molecular complexity index is 277. The Kier molecular flexibility index (Phi) is 4.61. The van der Waals surface area contributed by atoms with Gasteiger partial charge in [0.25, 0.3) is 0 Å². The second-order valence-electron chi connectivity index (χ2n) is 3.52. The molecule has 0 spiro atoms. The molecule has 0 aromatic heterocycles. The van der Waals surface area contributed by atoms with Crippen LogP contribution in [0.4, 0.5) is 0 Å². The summed E-state index contributed by atoms with van der Waals surface area (Å²) in [5, 5.41) is 10.8. The van der Waals surface area contributed by atoms with Crippen LogP contribution in [0.3, 0.4) is 0 Å². The van der Waals surface area contributed by atoms with Crippen molar-refractivity contribution in [2.45, 2.75) is 25.7 Å². The van der Waals surface area contributed by atoms with E-state index in [9.17, 15) is 9.59 Å². The van der Waals surface area contributed by atoms with Crippen LogP contribution >= 0.6 is 0 Å². The lowest BCUT2D eigenvalue weighted by molar-refractivity contribution is -0.130. The van der Waals surface area contributed by atoms with Gasteiger partial charge in [-0.15, -0.1) is 0 Å². The summed E-state index contributed by atoms with van der Waals surface area (Å²) in [6.07, 6.45) is 2.34. The molecule has 0 saturated carbocycles. The summed E-state index contributed by atoms with van der Waals surface area (Å²) in [5.74, 6) is -0.225. The number of hydrogen-bond donors (Lipinski definition) is 1. The number of carbonyl (C=O) groups is 2. The molecule has 5 heteroatoms. The molecule has 0 atom stereocenters. The Balaban J connectivity index is 2.12. The second kappa shape index (κ2) is 6.02. The lowest BCUT2D eigenvalue weighted by Crippen LogP contribution is -2.32. The first-order valence-electron chi connectivity index (χ1n) is 5.15. The van der Waals surface area contributed by atoms with Crippen LogP contribution in [0.1, 0.15) is 25.7 Å². The summed E-state index contributed by atoms with van der Waals surface area (Å²) in [6.45, 7) is 2.01. The number of rotatable bonds is 4. The van der Waals surface area contributed by atoms with Gasteiger partial charge < -0.3 is 10.2 Å². The molecule has 1 saturated heterocycles. The van der Waals surface area contributed by atoms with Gasteiger partial charge in [0.2, 0.25) is 11.8 Å². The van der Waals surface area contributed by atoms with Crippen molar-refractivity contribution in [2.24, 2.45) is 0 Å². The smallest absolute Gasteiger partial charge is 0.234 e. The fourth-order valence-corrected chi connectivity index (χ4v) is 1.57. The third-order valence-corrected chi connectivity index (χ3v) is 2.36. The quantitative estimate of drug-likeness (QED) is 0.709. The van der Waals surface area contributed by atoms with Gasteiger partial charge in [-0.05, 0) is 12.8 Å². The maximum absolute atomic E-state index is 11.5. The van der Waals surface area contributed by atoms with Crippen molar-refractivity contribution < 1.29 is 9.59 Å². The van der Waals surface area contributed by atoms with Gasteiger partial charge in [-0.2, -0.15) is 5.26 Å². The number of nitriles is 1. The molecular formula is C10H15N3O2. The van der Waals surface area contributed by atoms with Crippen molar-refractivity contribution in [3.05, 3.63) is 0 Å². The molecule has 1 N–H and O–H groups in total. The third-order valence-electron chi connectivity index (χ3n) is 2.36. The Morgan fingerprint density at radius 2 is 2.00 bits per heavy atom. The van der Waals surface area contributed by atoms with Crippen LogP contribution in [0.15, 0.2) is 0 Å². The molecule has 0 bridgehead atoms. The number of nitrogens with one attached hydrogen (secondary N) is 1.